The number of piperidine rings is 1. The molecule has 108 valence electrons. The Bertz CT molecular complexity index is 495. The maximum atomic E-state index is 12.3. The number of rotatable bonds is 2. The van der Waals surface area contributed by atoms with E-state index in [1.54, 1.807) is 0 Å². The molecule has 0 atom stereocenters. The number of nitrogens with one attached hydrogen (secondary N) is 1. The van der Waals surface area contributed by atoms with Crippen molar-refractivity contribution in [2.75, 3.05) is 26.3 Å². The number of carbonyl (C=O) groups excluding carboxylic acids is 1. The van der Waals surface area contributed by atoms with Gasteiger partial charge in [-0.2, -0.15) is 0 Å². The molecule has 3 rings (SSSR count). The second-order valence-electron chi connectivity index (χ2n) is 5.58. The minimum Gasteiger partial charge on any atom is -0.369 e. The van der Waals surface area contributed by atoms with Crippen molar-refractivity contribution in [2.45, 2.75) is 24.9 Å². The molecule has 2 heterocycles. The average molecular weight is 295 g/mol. The molecule has 1 N–H and O–H groups in total. The molecule has 0 aliphatic carbocycles. The first-order valence-corrected chi connectivity index (χ1v) is 7.41. The molecule has 1 aromatic rings. The van der Waals surface area contributed by atoms with Gasteiger partial charge in [0, 0.05) is 11.6 Å². The number of carbonyl (C=O) groups is 1. The Hall–Kier alpha value is -1.10. The van der Waals surface area contributed by atoms with Gasteiger partial charge in [-0.05, 0) is 43.6 Å². The summed E-state index contributed by atoms with van der Waals surface area (Å²) in [5, 5.41) is 4.06. The van der Waals surface area contributed by atoms with Crippen LogP contribution in [0.15, 0.2) is 24.3 Å². The van der Waals surface area contributed by atoms with Gasteiger partial charge in [-0.1, -0.05) is 23.7 Å². The van der Waals surface area contributed by atoms with Crippen LogP contribution in [-0.2, 0) is 16.1 Å². The second-order valence-corrected chi connectivity index (χ2v) is 6.01. The van der Waals surface area contributed by atoms with Crippen molar-refractivity contribution in [1.29, 1.82) is 0 Å². The summed E-state index contributed by atoms with van der Waals surface area (Å²) in [6.07, 6.45) is 1.89. The summed E-state index contributed by atoms with van der Waals surface area (Å²) in [6.45, 7) is 3.31. The second kappa shape index (κ2) is 5.72. The molecule has 20 heavy (non-hydrogen) atoms. The molecule has 1 aromatic carbocycles. The normalized spacial score (nSPS) is 22.2. The number of benzene rings is 1. The van der Waals surface area contributed by atoms with Crippen LogP contribution in [0.4, 0.5) is 0 Å². The Labute approximate surface area is 124 Å². The van der Waals surface area contributed by atoms with Crippen molar-refractivity contribution in [2.24, 2.45) is 0 Å². The smallest absolute Gasteiger partial charge is 0.249 e. The SMILES string of the molecule is O=C1COCC2(CCNCC2)N1Cc1cccc(Cl)c1. The zero-order chi connectivity index (χ0) is 14.0. The summed E-state index contributed by atoms with van der Waals surface area (Å²) in [6, 6.07) is 7.73. The molecule has 0 saturated carbocycles. The molecule has 2 fully saturated rings. The van der Waals surface area contributed by atoms with E-state index in [0.29, 0.717) is 18.2 Å². The molecule has 0 bridgehead atoms. The first kappa shape index (κ1) is 13.9. The number of hydrogen-bond donors (Lipinski definition) is 1. The number of amides is 1. The lowest BCUT2D eigenvalue weighted by molar-refractivity contribution is -0.162. The van der Waals surface area contributed by atoms with Crippen molar-refractivity contribution < 1.29 is 9.53 Å². The molecular formula is C15H19ClN2O2. The zero-order valence-corrected chi connectivity index (χ0v) is 12.2. The number of halogens is 1. The first-order chi connectivity index (χ1) is 9.70. The Morgan fingerprint density at radius 3 is 2.90 bits per heavy atom. The highest BCUT2D eigenvalue weighted by atomic mass is 35.5. The fraction of sp³-hybridized carbons (Fsp3) is 0.533. The number of nitrogens with zero attached hydrogens (tertiary/aromatic N) is 1. The summed E-state index contributed by atoms with van der Waals surface area (Å²) < 4.78 is 5.52. The minimum atomic E-state index is -0.150. The van der Waals surface area contributed by atoms with E-state index in [4.69, 9.17) is 16.3 Å². The molecular weight excluding hydrogens is 276 g/mol. The van der Waals surface area contributed by atoms with Gasteiger partial charge in [0.2, 0.25) is 5.91 Å². The Balaban J connectivity index is 1.84. The van der Waals surface area contributed by atoms with Crippen molar-refractivity contribution in [3.8, 4) is 0 Å². The third-order valence-corrected chi connectivity index (χ3v) is 4.47. The number of morpholine rings is 1. The molecule has 4 nitrogen and oxygen atoms in total. The van der Waals surface area contributed by atoms with Crippen molar-refractivity contribution >= 4 is 17.5 Å². The van der Waals surface area contributed by atoms with Gasteiger partial charge in [0.25, 0.3) is 0 Å². The van der Waals surface area contributed by atoms with Gasteiger partial charge in [0.1, 0.15) is 6.61 Å². The summed E-state index contributed by atoms with van der Waals surface area (Å²) in [5.74, 6) is 0.0816. The highest BCUT2D eigenvalue weighted by Gasteiger charge is 2.43. The zero-order valence-electron chi connectivity index (χ0n) is 11.4. The Morgan fingerprint density at radius 2 is 2.15 bits per heavy atom. The largest absolute Gasteiger partial charge is 0.369 e. The predicted molar refractivity (Wildman–Crippen MR) is 77.7 cm³/mol. The van der Waals surface area contributed by atoms with Crippen LogP contribution in [0, 0.1) is 0 Å². The molecule has 1 amide bonds. The van der Waals surface area contributed by atoms with E-state index in [1.165, 1.54) is 0 Å². The van der Waals surface area contributed by atoms with Gasteiger partial charge < -0.3 is 15.0 Å². The van der Waals surface area contributed by atoms with E-state index in [1.807, 2.05) is 29.2 Å². The lowest BCUT2D eigenvalue weighted by Crippen LogP contribution is -2.62. The van der Waals surface area contributed by atoms with E-state index in [0.717, 1.165) is 31.5 Å². The summed E-state index contributed by atoms with van der Waals surface area (Å²) in [4.78, 5) is 14.3. The third kappa shape index (κ3) is 2.68. The average Bonchev–Trinajstić information content (AvgIpc) is 2.44. The van der Waals surface area contributed by atoms with Gasteiger partial charge in [-0.15, -0.1) is 0 Å². The van der Waals surface area contributed by atoms with Crippen LogP contribution in [-0.4, -0.2) is 42.6 Å². The molecule has 2 aliphatic rings. The van der Waals surface area contributed by atoms with Crippen LogP contribution in [0.5, 0.6) is 0 Å². The van der Waals surface area contributed by atoms with Crippen LogP contribution in [0.3, 0.4) is 0 Å². The van der Waals surface area contributed by atoms with Gasteiger partial charge in [0.05, 0.1) is 12.1 Å². The van der Waals surface area contributed by atoms with Crippen LogP contribution >= 0.6 is 11.6 Å². The predicted octanol–water partition coefficient (Wildman–Crippen LogP) is 1.82. The lowest BCUT2D eigenvalue weighted by Gasteiger charge is -2.49. The van der Waals surface area contributed by atoms with E-state index in [2.05, 4.69) is 5.32 Å². The molecule has 0 unspecified atom stereocenters. The van der Waals surface area contributed by atoms with Crippen molar-refractivity contribution in [1.82, 2.24) is 10.2 Å². The third-order valence-electron chi connectivity index (χ3n) is 4.23. The lowest BCUT2D eigenvalue weighted by atomic mass is 9.85. The van der Waals surface area contributed by atoms with E-state index in [9.17, 15) is 4.79 Å². The molecule has 2 aliphatic heterocycles. The quantitative estimate of drug-likeness (QED) is 0.905. The maximum Gasteiger partial charge on any atom is 0.249 e. The standard InChI is InChI=1S/C15H19ClN2O2/c16-13-3-1-2-12(8-13)9-18-14(19)10-20-11-15(18)4-6-17-7-5-15/h1-3,8,17H,4-7,9-11H2. The first-order valence-electron chi connectivity index (χ1n) is 7.03. The summed E-state index contributed by atoms with van der Waals surface area (Å²) >= 11 is 6.04. The van der Waals surface area contributed by atoms with Crippen molar-refractivity contribution in [3.05, 3.63) is 34.9 Å². The van der Waals surface area contributed by atoms with E-state index in [-0.39, 0.29) is 18.1 Å². The van der Waals surface area contributed by atoms with Crippen molar-refractivity contribution in [3.63, 3.8) is 0 Å². The van der Waals surface area contributed by atoms with Crippen LogP contribution in [0.1, 0.15) is 18.4 Å². The molecule has 1 spiro atoms. The summed E-state index contributed by atoms with van der Waals surface area (Å²) in [7, 11) is 0. The molecule has 2 saturated heterocycles. The maximum absolute atomic E-state index is 12.3. The topological polar surface area (TPSA) is 41.6 Å². The highest BCUT2D eigenvalue weighted by molar-refractivity contribution is 6.30. The fourth-order valence-corrected chi connectivity index (χ4v) is 3.34. The summed E-state index contributed by atoms with van der Waals surface area (Å²) in [5.41, 5.74) is 0.925. The van der Waals surface area contributed by atoms with Gasteiger partial charge >= 0.3 is 0 Å². The molecule has 5 heteroatoms. The van der Waals surface area contributed by atoms with Crippen LogP contribution in [0.2, 0.25) is 5.02 Å². The minimum absolute atomic E-state index is 0.0816. The number of ether oxygens (including phenoxy) is 1. The fourth-order valence-electron chi connectivity index (χ4n) is 3.13. The van der Waals surface area contributed by atoms with Crippen LogP contribution in [0.25, 0.3) is 0 Å². The Kier molecular flexibility index (Phi) is 3.96. The van der Waals surface area contributed by atoms with Gasteiger partial charge in [0.15, 0.2) is 0 Å². The molecule has 0 radical (unpaired) electrons. The highest BCUT2D eigenvalue weighted by Crippen LogP contribution is 2.31. The molecule has 0 aromatic heterocycles. The van der Waals surface area contributed by atoms with E-state index >= 15 is 0 Å². The monoisotopic (exact) mass is 294 g/mol. The Morgan fingerprint density at radius 1 is 1.35 bits per heavy atom. The van der Waals surface area contributed by atoms with E-state index < -0.39 is 0 Å². The van der Waals surface area contributed by atoms with Crippen LogP contribution < -0.4 is 5.32 Å². The van der Waals surface area contributed by atoms with Gasteiger partial charge in [-0.3, -0.25) is 4.79 Å². The number of hydrogen-bond acceptors (Lipinski definition) is 3. The van der Waals surface area contributed by atoms with Gasteiger partial charge in [-0.25, -0.2) is 0 Å².